The van der Waals surface area contributed by atoms with E-state index in [2.05, 4.69) is 9.55 Å². The summed E-state index contributed by atoms with van der Waals surface area (Å²) in [6.07, 6.45) is 5.83. The highest BCUT2D eigenvalue weighted by Crippen LogP contribution is 2.19. The molecule has 1 aromatic rings. The van der Waals surface area contributed by atoms with Crippen LogP contribution in [0.4, 0.5) is 0 Å². The zero-order chi connectivity index (χ0) is 13.7. The molecule has 1 aromatic heterocycles. The number of aromatic nitrogens is 2. The molecule has 106 valence electrons. The van der Waals surface area contributed by atoms with Gasteiger partial charge in [0.25, 0.3) is 0 Å². The zero-order valence-electron chi connectivity index (χ0n) is 11.4. The molecule has 0 atom stereocenters. The minimum absolute atomic E-state index is 0.136. The molecule has 0 bridgehead atoms. The van der Waals surface area contributed by atoms with Crippen LogP contribution >= 0.6 is 11.8 Å². The summed E-state index contributed by atoms with van der Waals surface area (Å²) in [5.41, 5.74) is 0. The number of imidazole rings is 1. The quantitative estimate of drug-likeness (QED) is 0.471. The molecule has 6 heteroatoms. The van der Waals surface area contributed by atoms with E-state index >= 15 is 0 Å². The number of carbonyl (C=O) groups is 1. The van der Waals surface area contributed by atoms with Crippen molar-refractivity contribution in [3.8, 4) is 0 Å². The standard InChI is InChI=1S/C13H21N3O2S/c1-12-14-5-7-15(12)6-3-2-4-13(17)16(18)8-10-19-11-9-16/h5,7H,2-4,6,8-11H2,1H3. The van der Waals surface area contributed by atoms with E-state index in [4.69, 9.17) is 0 Å². The number of amides is 1. The highest BCUT2D eigenvalue weighted by molar-refractivity contribution is 7.99. The van der Waals surface area contributed by atoms with Crippen LogP contribution in [0.3, 0.4) is 0 Å². The first-order valence-corrected chi connectivity index (χ1v) is 7.94. The number of rotatable bonds is 5. The van der Waals surface area contributed by atoms with Crippen LogP contribution < -0.4 is 0 Å². The monoisotopic (exact) mass is 283 g/mol. The fraction of sp³-hybridized carbons (Fsp3) is 0.692. The average molecular weight is 283 g/mol. The van der Waals surface area contributed by atoms with Gasteiger partial charge in [-0.15, -0.1) is 0 Å². The predicted octanol–water partition coefficient (Wildman–Crippen LogP) is 1.95. The van der Waals surface area contributed by atoms with Crippen LogP contribution in [0.1, 0.15) is 25.1 Å². The molecule has 1 saturated heterocycles. The topological polar surface area (TPSA) is 58.0 Å². The Kier molecular flexibility index (Phi) is 5.01. The summed E-state index contributed by atoms with van der Waals surface area (Å²) in [5.74, 6) is 2.47. The van der Waals surface area contributed by atoms with E-state index in [-0.39, 0.29) is 5.91 Å². The Labute approximate surface area is 118 Å². The van der Waals surface area contributed by atoms with Crippen molar-refractivity contribution < 1.29 is 9.44 Å². The van der Waals surface area contributed by atoms with Crippen LogP contribution in [0.25, 0.3) is 0 Å². The number of hydrogen-bond acceptors (Lipinski definition) is 4. The zero-order valence-corrected chi connectivity index (χ0v) is 12.2. The number of hydroxylamine groups is 3. The van der Waals surface area contributed by atoms with Gasteiger partial charge in [0.1, 0.15) is 5.82 Å². The second kappa shape index (κ2) is 6.54. The smallest absolute Gasteiger partial charge is 0.313 e. The Morgan fingerprint density at radius 3 is 2.84 bits per heavy atom. The van der Waals surface area contributed by atoms with Gasteiger partial charge in [-0.2, -0.15) is 11.8 Å². The summed E-state index contributed by atoms with van der Waals surface area (Å²) in [6.45, 7) is 3.73. The molecule has 2 rings (SSSR count). The molecular weight excluding hydrogens is 262 g/mol. The highest BCUT2D eigenvalue weighted by Gasteiger charge is 2.28. The van der Waals surface area contributed by atoms with Crippen molar-refractivity contribution in [2.24, 2.45) is 0 Å². The van der Waals surface area contributed by atoms with E-state index in [1.807, 2.05) is 13.1 Å². The van der Waals surface area contributed by atoms with Gasteiger partial charge in [-0.05, 0) is 19.8 Å². The maximum atomic E-state index is 12.3. The summed E-state index contributed by atoms with van der Waals surface area (Å²) < 4.78 is 1.47. The maximum absolute atomic E-state index is 12.3. The van der Waals surface area contributed by atoms with Crippen LogP contribution in [0.2, 0.25) is 0 Å². The minimum atomic E-state index is -0.600. The SMILES string of the molecule is Cc1nccn1CCCCC(=O)[N+]1([O-])CCSCC1. The van der Waals surface area contributed by atoms with E-state index in [9.17, 15) is 10.0 Å². The van der Waals surface area contributed by atoms with Gasteiger partial charge in [0, 0.05) is 30.4 Å². The molecule has 2 heterocycles. The molecule has 0 spiro atoms. The van der Waals surface area contributed by atoms with Crippen molar-refractivity contribution in [1.82, 2.24) is 9.55 Å². The fourth-order valence-corrected chi connectivity index (χ4v) is 3.34. The number of carbonyl (C=O) groups excluding carboxylic acids is 1. The minimum Gasteiger partial charge on any atom is -0.625 e. The third-order valence-corrected chi connectivity index (χ3v) is 4.55. The van der Waals surface area contributed by atoms with Gasteiger partial charge in [0.05, 0.1) is 19.5 Å². The molecule has 0 unspecified atom stereocenters. The molecule has 0 aromatic carbocycles. The van der Waals surface area contributed by atoms with Gasteiger partial charge < -0.3 is 9.77 Å². The van der Waals surface area contributed by atoms with Crippen LogP contribution in [0, 0.1) is 12.1 Å². The number of quaternary nitrogens is 1. The van der Waals surface area contributed by atoms with Crippen molar-refractivity contribution in [2.75, 3.05) is 24.6 Å². The first kappa shape index (κ1) is 14.6. The van der Waals surface area contributed by atoms with E-state index < -0.39 is 4.65 Å². The Balaban J connectivity index is 1.70. The predicted molar refractivity (Wildman–Crippen MR) is 76.5 cm³/mol. The summed E-state index contributed by atoms with van der Waals surface area (Å²) in [5, 5.41) is 12.3. The Morgan fingerprint density at radius 2 is 2.21 bits per heavy atom. The van der Waals surface area contributed by atoms with Crippen molar-refractivity contribution in [2.45, 2.75) is 32.7 Å². The van der Waals surface area contributed by atoms with Crippen molar-refractivity contribution in [3.05, 3.63) is 23.4 Å². The van der Waals surface area contributed by atoms with E-state index in [1.54, 1.807) is 18.0 Å². The van der Waals surface area contributed by atoms with E-state index in [1.165, 1.54) is 0 Å². The maximum Gasteiger partial charge on any atom is 0.313 e. The Bertz CT molecular complexity index is 427. The Hall–Kier alpha value is -0.850. The van der Waals surface area contributed by atoms with Gasteiger partial charge in [0.2, 0.25) is 0 Å². The average Bonchev–Trinajstić information content (AvgIpc) is 2.81. The first-order chi connectivity index (χ1) is 9.12. The molecule has 19 heavy (non-hydrogen) atoms. The van der Waals surface area contributed by atoms with Crippen molar-refractivity contribution >= 4 is 17.7 Å². The van der Waals surface area contributed by atoms with Crippen LogP contribution in [-0.4, -0.2) is 44.7 Å². The fourth-order valence-electron chi connectivity index (χ4n) is 2.29. The summed E-state index contributed by atoms with van der Waals surface area (Å²) >= 11 is 1.76. The second-order valence-electron chi connectivity index (χ2n) is 4.97. The molecule has 0 N–H and O–H groups in total. The van der Waals surface area contributed by atoms with Gasteiger partial charge in [-0.25, -0.2) is 9.78 Å². The summed E-state index contributed by atoms with van der Waals surface area (Å²) in [6, 6.07) is 0. The number of aryl methyl sites for hydroxylation is 2. The Morgan fingerprint density at radius 1 is 1.47 bits per heavy atom. The lowest BCUT2D eigenvalue weighted by atomic mass is 10.2. The molecule has 0 aliphatic carbocycles. The molecule has 5 nitrogen and oxygen atoms in total. The van der Waals surface area contributed by atoms with Crippen molar-refractivity contribution in [1.29, 1.82) is 0 Å². The largest absolute Gasteiger partial charge is 0.625 e. The lowest BCUT2D eigenvalue weighted by Gasteiger charge is -2.42. The van der Waals surface area contributed by atoms with E-state index in [0.29, 0.717) is 19.5 Å². The summed E-state index contributed by atoms with van der Waals surface area (Å²) in [4.78, 5) is 16.1. The normalized spacial score (nSPS) is 18.4. The van der Waals surface area contributed by atoms with Crippen LogP contribution in [-0.2, 0) is 11.3 Å². The number of unbranched alkanes of at least 4 members (excludes halogenated alkanes) is 1. The highest BCUT2D eigenvalue weighted by atomic mass is 32.2. The van der Waals surface area contributed by atoms with Gasteiger partial charge in [0.15, 0.2) is 0 Å². The molecule has 1 aliphatic heterocycles. The van der Waals surface area contributed by atoms with Crippen molar-refractivity contribution in [3.63, 3.8) is 0 Å². The first-order valence-electron chi connectivity index (χ1n) is 6.79. The molecule has 0 saturated carbocycles. The second-order valence-corrected chi connectivity index (χ2v) is 6.19. The number of nitrogens with zero attached hydrogens (tertiary/aromatic N) is 3. The molecule has 1 fully saturated rings. The molecular formula is C13H21N3O2S. The van der Waals surface area contributed by atoms with Gasteiger partial charge in [-0.1, -0.05) is 0 Å². The summed E-state index contributed by atoms with van der Waals surface area (Å²) in [7, 11) is 0. The lowest BCUT2D eigenvalue weighted by Crippen LogP contribution is -2.52. The molecule has 1 aliphatic rings. The van der Waals surface area contributed by atoms with Crippen LogP contribution in [0.15, 0.2) is 12.4 Å². The third kappa shape index (κ3) is 3.81. The number of thioether (sulfide) groups is 1. The molecule has 1 amide bonds. The lowest BCUT2D eigenvalue weighted by molar-refractivity contribution is -0.800. The van der Waals surface area contributed by atoms with Gasteiger partial charge >= 0.3 is 5.91 Å². The van der Waals surface area contributed by atoms with E-state index in [0.717, 1.165) is 36.7 Å². The third-order valence-electron chi connectivity index (χ3n) is 3.61. The van der Waals surface area contributed by atoms with Gasteiger partial charge in [-0.3, -0.25) is 4.65 Å². The van der Waals surface area contributed by atoms with Crippen LogP contribution in [0.5, 0.6) is 0 Å². The number of hydrogen-bond donors (Lipinski definition) is 0. The molecule has 0 radical (unpaired) electrons.